The van der Waals surface area contributed by atoms with Crippen LogP contribution in [-0.2, 0) is 0 Å². The number of rotatable bonds is 6. The summed E-state index contributed by atoms with van der Waals surface area (Å²) in [6, 6.07) is 10.6. The number of nitrogens with zero attached hydrogens (tertiary/aromatic N) is 4. The predicted molar refractivity (Wildman–Crippen MR) is 105 cm³/mol. The van der Waals surface area contributed by atoms with Gasteiger partial charge in [0.15, 0.2) is 10.9 Å². The molecule has 0 saturated carbocycles. The number of carbonyl (C=O) groups excluding carboxylic acids is 1. The lowest BCUT2D eigenvalue weighted by Crippen LogP contribution is -2.07. The quantitative estimate of drug-likeness (QED) is 0.473. The molecule has 136 valence electrons. The Labute approximate surface area is 158 Å². The molecule has 0 spiro atoms. The number of ketones is 1. The molecule has 0 aliphatic rings. The van der Waals surface area contributed by atoms with Gasteiger partial charge >= 0.3 is 0 Å². The molecular formula is C20H24N4OS. The second kappa shape index (κ2) is 7.50. The number of benzene rings is 1. The highest BCUT2D eigenvalue weighted by molar-refractivity contribution is 7.99. The van der Waals surface area contributed by atoms with Gasteiger partial charge in [-0.15, -0.1) is 10.2 Å². The van der Waals surface area contributed by atoms with Gasteiger partial charge in [-0.2, -0.15) is 0 Å². The summed E-state index contributed by atoms with van der Waals surface area (Å²) >= 11 is 1.44. The summed E-state index contributed by atoms with van der Waals surface area (Å²) < 4.78 is 4.11. The van der Waals surface area contributed by atoms with Crippen LogP contribution in [0.5, 0.6) is 0 Å². The molecule has 0 amide bonds. The zero-order chi connectivity index (χ0) is 18.8. The van der Waals surface area contributed by atoms with Gasteiger partial charge in [0.25, 0.3) is 0 Å². The third kappa shape index (κ3) is 3.60. The summed E-state index contributed by atoms with van der Waals surface area (Å²) in [5.74, 6) is 0.462. The van der Waals surface area contributed by atoms with E-state index in [1.807, 2.05) is 24.5 Å². The highest BCUT2D eigenvalue weighted by atomic mass is 32.2. The lowest BCUT2D eigenvalue weighted by atomic mass is 10.2. The molecule has 5 nitrogen and oxygen atoms in total. The molecule has 1 aromatic carbocycles. The van der Waals surface area contributed by atoms with Crippen LogP contribution in [0.15, 0.2) is 41.8 Å². The predicted octanol–water partition coefficient (Wildman–Crippen LogP) is 4.55. The van der Waals surface area contributed by atoms with Gasteiger partial charge in [-0.05, 0) is 52.8 Å². The summed E-state index contributed by atoms with van der Waals surface area (Å²) in [6.45, 7) is 10.3. The fourth-order valence-electron chi connectivity index (χ4n) is 3.03. The monoisotopic (exact) mass is 368 g/mol. The first kappa shape index (κ1) is 18.5. The zero-order valence-electron chi connectivity index (χ0n) is 15.9. The van der Waals surface area contributed by atoms with Crippen molar-refractivity contribution >= 4 is 17.5 Å². The summed E-state index contributed by atoms with van der Waals surface area (Å²) in [5, 5.41) is 8.85. The van der Waals surface area contributed by atoms with Crippen molar-refractivity contribution in [3.8, 4) is 5.69 Å². The molecule has 26 heavy (non-hydrogen) atoms. The Morgan fingerprint density at radius 2 is 1.85 bits per heavy atom. The van der Waals surface area contributed by atoms with E-state index in [0.29, 0.717) is 5.75 Å². The molecule has 2 aromatic heterocycles. The number of aromatic nitrogens is 4. The minimum atomic E-state index is 0.111. The highest BCUT2D eigenvalue weighted by Gasteiger charge is 2.18. The van der Waals surface area contributed by atoms with E-state index < -0.39 is 0 Å². The number of hydrogen-bond acceptors (Lipinski definition) is 4. The maximum Gasteiger partial charge on any atom is 0.191 e. The molecule has 3 aromatic rings. The molecule has 2 heterocycles. The van der Waals surface area contributed by atoms with E-state index in [9.17, 15) is 4.79 Å². The molecule has 0 saturated heterocycles. The topological polar surface area (TPSA) is 52.7 Å². The van der Waals surface area contributed by atoms with Gasteiger partial charge in [0, 0.05) is 28.7 Å². The van der Waals surface area contributed by atoms with Gasteiger partial charge in [-0.25, -0.2) is 0 Å². The van der Waals surface area contributed by atoms with Crippen LogP contribution < -0.4 is 0 Å². The zero-order valence-corrected chi connectivity index (χ0v) is 16.7. The standard InChI is InChI=1S/C20H24N4OS/c1-13(2)23-12-21-22-20(23)26-11-19(25)18-10-15(4)24(16(18)5)17-8-6-14(3)7-9-17/h6-10,12-13H,11H2,1-5H3. The first-order valence-corrected chi connectivity index (χ1v) is 9.68. The van der Waals surface area contributed by atoms with Crippen LogP contribution in [-0.4, -0.2) is 30.9 Å². The van der Waals surface area contributed by atoms with Crippen molar-refractivity contribution in [1.82, 2.24) is 19.3 Å². The first-order chi connectivity index (χ1) is 12.4. The molecule has 0 fully saturated rings. The average Bonchev–Trinajstić information content (AvgIpc) is 3.18. The lowest BCUT2D eigenvalue weighted by Gasteiger charge is -2.10. The summed E-state index contributed by atoms with van der Waals surface area (Å²) in [4.78, 5) is 12.8. The summed E-state index contributed by atoms with van der Waals surface area (Å²) in [5.41, 5.74) is 5.11. The number of Topliss-reactive ketones (excluding diaryl/α,β-unsaturated/α-hetero) is 1. The highest BCUT2D eigenvalue weighted by Crippen LogP contribution is 2.25. The molecule has 0 radical (unpaired) electrons. The Balaban J connectivity index is 1.81. The normalized spacial score (nSPS) is 11.3. The van der Waals surface area contributed by atoms with Gasteiger partial charge in [-0.3, -0.25) is 4.79 Å². The Morgan fingerprint density at radius 3 is 2.50 bits per heavy atom. The van der Waals surface area contributed by atoms with Crippen LogP contribution in [0.1, 0.15) is 47.2 Å². The third-order valence-corrected chi connectivity index (χ3v) is 5.41. The van der Waals surface area contributed by atoms with Crippen LogP contribution in [0.3, 0.4) is 0 Å². The van der Waals surface area contributed by atoms with E-state index in [1.54, 1.807) is 6.33 Å². The van der Waals surface area contributed by atoms with E-state index in [2.05, 4.69) is 59.8 Å². The van der Waals surface area contributed by atoms with Crippen molar-refractivity contribution in [1.29, 1.82) is 0 Å². The Hall–Kier alpha value is -2.34. The van der Waals surface area contributed by atoms with Crippen LogP contribution in [0, 0.1) is 20.8 Å². The molecule has 0 bridgehead atoms. The minimum absolute atomic E-state index is 0.111. The van der Waals surface area contributed by atoms with Gasteiger partial charge in [0.1, 0.15) is 6.33 Å². The smallest absolute Gasteiger partial charge is 0.191 e. The van der Waals surface area contributed by atoms with Gasteiger partial charge in [0.05, 0.1) is 5.75 Å². The molecular weight excluding hydrogens is 344 g/mol. The van der Waals surface area contributed by atoms with Crippen LogP contribution in [0.2, 0.25) is 0 Å². The Bertz CT molecular complexity index is 922. The number of hydrogen-bond donors (Lipinski definition) is 0. The second-order valence-electron chi connectivity index (χ2n) is 6.78. The number of carbonyl (C=O) groups is 1. The van der Waals surface area contributed by atoms with Crippen molar-refractivity contribution in [2.24, 2.45) is 0 Å². The third-order valence-electron chi connectivity index (χ3n) is 4.45. The van der Waals surface area contributed by atoms with Crippen molar-refractivity contribution in [2.45, 2.75) is 45.8 Å². The van der Waals surface area contributed by atoms with E-state index >= 15 is 0 Å². The molecule has 6 heteroatoms. The summed E-state index contributed by atoms with van der Waals surface area (Å²) in [7, 11) is 0. The minimum Gasteiger partial charge on any atom is -0.318 e. The molecule has 0 atom stereocenters. The molecule has 0 unspecified atom stereocenters. The first-order valence-electron chi connectivity index (χ1n) is 8.70. The average molecular weight is 369 g/mol. The number of thioether (sulfide) groups is 1. The molecule has 0 aliphatic heterocycles. The Kier molecular flexibility index (Phi) is 5.32. The van der Waals surface area contributed by atoms with E-state index in [-0.39, 0.29) is 11.8 Å². The maximum absolute atomic E-state index is 12.8. The maximum atomic E-state index is 12.8. The number of aryl methyl sites for hydroxylation is 2. The van der Waals surface area contributed by atoms with Crippen molar-refractivity contribution in [2.75, 3.05) is 5.75 Å². The van der Waals surface area contributed by atoms with Gasteiger partial charge in [0.2, 0.25) is 0 Å². The molecule has 0 N–H and O–H groups in total. The van der Waals surface area contributed by atoms with Gasteiger partial charge < -0.3 is 9.13 Å². The molecule has 0 aliphatic carbocycles. The largest absolute Gasteiger partial charge is 0.318 e. The fraction of sp³-hybridized carbons (Fsp3) is 0.350. The SMILES string of the molecule is Cc1ccc(-n2c(C)cc(C(=O)CSc3nncn3C(C)C)c2C)cc1. The van der Waals surface area contributed by atoms with Crippen LogP contribution in [0.4, 0.5) is 0 Å². The van der Waals surface area contributed by atoms with E-state index in [0.717, 1.165) is 27.8 Å². The van der Waals surface area contributed by atoms with Crippen molar-refractivity contribution < 1.29 is 4.79 Å². The van der Waals surface area contributed by atoms with Crippen LogP contribution >= 0.6 is 11.8 Å². The molecule has 3 rings (SSSR count). The Morgan fingerprint density at radius 1 is 1.15 bits per heavy atom. The van der Waals surface area contributed by atoms with E-state index in [1.165, 1.54) is 17.3 Å². The van der Waals surface area contributed by atoms with Crippen molar-refractivity contribution in [3.63, 3.8) is 0 Å². The summed E-state index contributed by atoms with van der Waals surface area (Å²) in [6.07, 6.45) is 1.71. The van der Waals surface area contributed by atoms with Crippen LogP contribution in [0.25, 0.3) is 5.69 Å². The van der Waals surface area contributed by atoms with Crippen molar-refractivity contribution in [3.05, 3.63) is 59.2 Å². The fourth-order valence-corrected chi connectivity index (χ4v) is 3.96. The van der Waals surface area contributed by atoms with Gasteiger partial charge in [-0.1, -0.05) is 29.5 Å². The second-order valence-corrected chi connectivity index (χ2v) is 7.72. The van der Waals surface area contributed by atoms with E-state index in [4.69, 9.17) is 0 Å². The lowest BCUT2D eigenvalue weighted by molar-refractivity contribution is 0.102.